The number of halogens is 1. The van der Waals surface area contributed by atoms with Crippen LogP contribution in [0, 0.1) is 17.8 Å². The molecule has 1 aromatic rings. The van der Waals surface area contributed by atoms with Gasteiger partial charge in [-0.1, -0.05) is 37.1 Å². The minimum atomic E-state index is 0.789. The van der Waals surface area contributed by atoms with Crippen molar-refractivity contribution in [3.8, 4) is 0 Å². The van der Waals surface area contributed by atoms with E-state index in [4.69, 9.17) is 11.6 Å². The molecule has 0 spiro atoms. The van der Waals surface area contributed by atoms with Crippen molar-refractivity contribution in [1.29, 1.82) is 0 Å². The van der Waals surface area contributed by atoms with E-state index in [-0.39, 0.29) is 0 Å². The molecule has 3 rings (SSSR count). The van der Waals surface area contributed by atoms with Crippen LogP contribution >= 0.6 is 11.6 Å². The first-order valence-corrected chi connectivity index (χ1v) is 7.85. The molecule has 0 amide bonds. The van der Waals surface area contributed by atoms with Gasteiger partial charge in [-0.25, -0.2) is 0 Å². The largest absolute Gasteiger partial charge is 0.0843 e. The van der Waals surface area contributed by atoms with Crippen LogP contribution in [-0.2, 0) is 0 Å². The lowest BCUT2D eigenvalue weighted by Crippen LogP contribution is -2.29. The Morgan fingerprint density at radius 2 is 1.56 bits per heavy atom. The van der Waals surface area contributed by atoms with Crippen LogP contribution < -0.4 is 0 Å². The van der Waals surface area contributed by atoms with Crippen molar-refractivity contribution in [2.75, 3.05) is 0 Å². The Bertz CT molecular complexity index is 395. The number of fused-ring (bicyclic) bond motifs is 1. The Morgan fingerprint density at radius 3 is 2.33 bits per heavy atom. The summed E-state index contributed by atoms with van der Waals surface area (Å²) in [5.41, 5.74) is 1.51. The molecule has 98 valence electrons. The van der Waals surface area contributed by atoms with E-state index < -0.39 is 0 Å². The molecular formula is C17H23Cl. The third-order valence-electron chi connectivity index (χ3n) is 5.22. The van der Waals surface area contributed by atoms with Crippen molar-refractivity contribution in [2.45, 2.75) is 51.4 Å². The Morgan fingerprint density at radius 1 is 0.889 bits per heavy atom. The van der Waals surface area contributed by atoms with Gasteiger partial charge in [0.25, 0.3) is 0 Å². The van der Waals surface area contributed by atoms with Crippen molar-refractivity contribution in [1.82, 2.24) is 0 Å². The number of hydrogen-bond donors (Lipinski definition) is 0. The van der Waals surface area contributed by atoms with E-state index in [0.29, 0.717) is 0 Å². The lowest BCUT2D eigenvalue weighted by Gasteiger charge is -2.41. The molecular weight excluding hydrogens is 240 g/mol. The highest BCUT2D eigenvalue weighted by atomic mass is 35.5. The third-order valence-corrected chi connectivity index (χ3v) is 5.47. The van der Waals surface area contributed by atoms with Crippen LogP contribution in [0.4, 0.5) is 0 Å². The van der Waals surface area contributed by atoms with E-state index >= 15 is 0 Å². The lowest BCUT2D eigenvalue weighted by atomic mass is 9.64. The maximum absolute atomic E-state index is 5.98. The highest BCUT2D eigenvalue weighted by Gasteiger charge is 2.34. The zero-order valence-corrected chi connectivity index (χ0v) is 12.0. The molecule has 1 aromatic carbocycles. The van der Waals surface area contributed by atoms with E-state index in [0.717, 1.165) is 28.7 Å². The lowest BCUT2D eigenvalue weighted by molar-refractivity contribution is 0.124. The van der Waals surface area contributed by atoms with E-state index in [9.17, 15) is 0 Å². The van der Waals surface area contributed by atoms with E-state index in [1.54, 1.807) is 0 Å². The first-order valence-electron chi connectivity index (χ1n) is 7.48. The normalized spacial score (nSPS) is 36.1. The predicted molar refractivity (Wildman–Crippen MR) is 78.0 cm³/mol. The van der Waals surface area contributed by atoms with E-state index in [2.05, 4.69) is 19.1 Å². The SMILES string of the molecule is CC1CCC2CC(c3ccc(Cl)cc3)CCC2C1. The molecule has 0 N–H and O–H groups in total. The summed E-state index contributed by atoms with van der Waals surface area (Å²) in [4.78, 5) is 0. The fourth-order valence-corrected chi connectivity index (χ4v) is 4.29. The van der Waals surface area contributed by atoms with Crippen LogP contribution in [0.3, 0.4) is 0 Å². The second-order valence-electron chi connectivity index (χ2n) is 6.50. The Hall–Kier alpha value is -0.490. The van der Waals surface area contributed by atoms with Gasteiger partial charge in [-0.3, -0.25) is 0 Å². The summed E-state index contributed by atoms with van der Waals surface area (Å²) in [5.74, 6) is 3.78. The number of benzene rings is 1. The van der Waals surface area contributed by atoms with Gasteiger partial charge in [0.2, 0.25) is 0 Å². The summed E-state index contributed by atoms with van der Waals surface area (Å²) < 4.78 is 0. The average Bonchev–Trinajstić information content (AvgIpc) is 2.39. The molecule has 4 atom stereocenters. The molecule has 2 saturated carbocycles. The minimum absolute atomic E-state index is 0.789. The molecule has 0 bridgehead atoms. The summed E-state index contributed by atoms with van der Waals surface area (Å²) in [6.07, 6.45) is 8.65. The molecule has 1 heteroatoms. The average molecular weight is 263 g/mol. The van der Waals surface area contributed by atoms with Gasteiger partial charge in [-0.2, -0.15) is 0 Å². The fourth-order valence-electron chi connectivity index (χ4n) is 4.16. The van der Waals surface area contributed by atoms with E-state index in [1.165, 1.54) is 44.1 Å². The van der Waals surface area contributed by atoms with Crippen molar-refractivity contribution >= 4 is 11.6 Å². The summed E-state index contributed by atoms with van der Waals surface area (Å²) in [6, 6.07) is 8.56. The highest BCUT2D eigenvalue weighted by Crippen LogP contribution is 2.47. The molecule has 0 radical (unpaired) electrons. The van der Waals surface area contributed by atoms with Gasteiger partial charge in [-0.05, 0) is 73.5 Å². The molecule has 0 heterocycles. The summed E-state index contributed by atoms with van der Waals surface area (Å²) in [7, 11) is 0. The standard InChI is InChI=1S/C17H23Cl/c1-12-2-3-16-11-15(5-4-14(16)10-12)13-6-8-17(18)9-7-13/h6-9,12,14-16H,2-5,10-11H2,1H3. The topological polar surface area (TPSA) is 0 Å². The summed E-state index contributed by atoms with van der Waals surface area (Å²) in [5, 5.41) is 0.860. The molecule has 0 nitrogen and oxygen atoms in total. The van der Waals surface area contributed by atoms with Gasteiger partial charge in [0.1, 0.15) is 0 Å². The molecule has 2 fully saturated rings. The maximum Gasteiger partial charge on any atom is 0.0406 e. The Balaban J connectivity index is 1.68. The van der Waals surface area contributed by atoms with Gasteiger partial charge in [-0.15, -0.1) is 0 Å². The zero-order valence-electron chi connectivity index (χ0n) is 11.2. The molecule has 2 aliphatic carbocycles. The fraction of sp³-hybridized carbons (Fsp3) is 0.647. The third kappa shape index (κ3) is 2.59. The first kappa shape index (κ1) is 12.5. The highest BCUT2D eigenvalue weighted by molar-refractivity contribution is 6.30. The van der Waals surface area contributed by atoms with Crippen LogP contribution in [0.15, 0.2) is 24.3 Å². The minimum Gasteiger partial charge on any atom is -0.0843 e. The molecule has 0 aliphatic heterocycles. The molecule has 0 saturated heterocycles. The van der Waals surface area contributed by atoms with Gasteiger partial charge >= 0.3 is 0 Å². The molecule has 4 unspecified atom stereocenters. The second kappa shape index (κ2) is 5.25. The van der Waals surface area contributed by atoms with Crippen LogP contribution in [0.5, 0.6) is 0 Å². The number of hydrogen-bond acceptors (Lipinski definition) is 0. The van der Waals surface area contributed by atoms with Crippen molar-refractivity contribution in [2.24, 2.45) is 17.8 Å². The van der Waals surface area contributed by atoms with Crippen LogP contribution in [0.2, 0.25) is 5.02 Å². The summed E-state index contributed by atoms with van der Waals surface area (Å²) >= 11 is 5.98. The quantitative estimate of drug-likeness (QED) is 0.613. The molecule has 18 heavy (non-hydrogen) atoms. The van der Waals surface area contributed by atoms with Crippen LogP contribution in [0.25, 0.3) is 0 Å². The van der Waals surface area contributed by atoms with Crippen LogP contribution in [0.1, 0.15) is 56.9 Å². The predicted octanol–water partition coefficient (Wildman–Crippen LogP) is 5.66. The smallest absolute Gasteiger partial charge is 0.0406 e. The van der Waals surface area contributed by atoms with Crippen molar-refractivity contribution < 1.29 is 0 Å². The molecule has 0 aromatic heterocycles. The maximum atomic E-state index is 5.98. The van der Waals surface area contributed by atoms with Gasteiger partial charge < -0.3 is 0 Å². The molecule has 2 aliphatic rings. The second-order valence-corrected chi connectivity index (χ2v) is 6.94. The van der Waals surface area contributed by atoms with Crippen molar-refractivity contribution in [3.05, 3.63) is 34.9 Å². The number of rotatable bonds is 1. The monoisotopic (exact) mass is 262 g/mol. The zero-order chi connectivity index (χ0) is 12.5. The van der Waals surface area contributed by atoms with E-state index in [1.807, 2.05) is 12.1 Å². The first-order chi connectivity index (χ1) is 8.72. The van der Waals surface area contributed by atoms with Gasteiger partial charge in [0.05, 0.1) is 0 Å². The van der Waals surface area contributed by atoms with Crippen LogP contribution in [-0.4, -0.2) is 0 Å². The van der Waals surface area contributed by atoms with Gasteiger partial charge in [0, 0.05) is 5.02 Å². The summed E-state index contributed by atoms with van der Waals surface area (Å²) in [6.45, 7) is 2.43. The Kier molecular flexibility index (Phi) is 3.66. The van der Waals surface area contributed by atoms with Crippen molar-refractivity contribution in [3.63, 3.8) is 0 Å². The van der Waals surface area contributed by atoms with Gasteiger partial charge in [0.15, 0.2) is 0 Å². The Labute approximate surface area is 116 Å².